The van der Waals surface area contributed by atoms with Crippen molar-refractivity contribution in [2.75, 3.05) is 11.6 Å². The number of carbonyl (C=O) groups excluding carboxylic acids is 1. The summed E-state index contributed by atoms with van der Waals surface area (Å²) < 4.78 is 37.8. The molecule has 0 radical (unpaired) electrons. The fourth-order valence-electron chi connectivity index (χ4n) is 2.04. The van der Waals surface area contributed by atoms with Crippen molar-refractivity contribution in [3.63, 3.8) is 0 Å². The highest BCUT2D eigenvalue weighted by atomic mass is 32.2. The second kappa shape index (κ2) is 8.60. The van der Waals surface area contributed by atoms with E-state index in [0.717, 1.165) is 29.5 Å². The van der Waals surface area contributed by atoms with Crippen LogP contribution in [-0.2, 0) is 6.18 Å². The lowest BCUT2D eigenvalue weighted by molar-refractivity contribution is -0.137. The third kappa shape index (κ3) is 5.76. The molecule has 0 aliphatic heterocycles. The first-order valence-electron chi connectivity index (χ1n) is 7.61. The minimum Gasteiger partial charge on any atom is -0.307 e. The predicted octanol–water partition coefficient (Wildman–Crippen LogP) is 5.06. The fourth-order valence-corrected chi connectivity index (χ4v) is 2.44. The molecule has 2 amide bonds. The van der Waals surface area contributed by atoms with Crippen molar-refractivity contribution in [2.24, 2.45) is 4.99 Å². The highest BCUT2D eigenvalue weighted by Gasteiger charge is 2.29. The molecule has 27 heavy (non-hydrogen) atoms. The van der Waals surface area contributed by atoms with Gasteiger partial charge in [0.15, 0.2) is 5.17 Å². The summed E-state index contributed by atoms with van der Waals surface area (Å²) in [5.41, 5.74) is 1.15. The smallest absolute Gasteiger partial charge is 0.307 e. The molecule has 0 fully saturated rings. The Balaban J connectivity index is 2.11. The van der Waals surface area contributed by atoms with Crippen LogP contribution in [0.3, 0.4) is 0 Å². The average Bonchev–Trinajstić information content (AvgIpc) is 2.62. The first-order chi connectivity index (χ1) is 12.7. The lowest BCUT2D eigenvalue weighted by Crippen LogP contribution is -2.32. The Hall–Kier alpha value is -2.99. The maximum atomic E-state index is 12.6. The molecule has 0 atom stereocenters. The number of nitriles is 1. The summed E-state index contributed by atoms with van der Waals surface area (Å²) in [7, 11) is 0. The fraction of sp³-hybridized carbons (Fsp3) is 0.167. The van der Waals surface area contributed by atoms with Crippen molar-refractivity contribution < 1.29 is 18.0 Å². The zero-order chi connectivity index (χ0) is 20.0. The number of amides is 2. The van der Waals surface area contributed by atoms with Crippen LogP contribution in [0.5, 0.6) is 0 Å². The Morgan fingerprint density at radius 2 is 1.85 bits per heavy atom. The summed E-state index contributed by atoms with van der Waals surface area (Å²) in [4.78, 5) is 16.3. The second-order valence-corrected chi connectivity index (χ2v) is 6.18. The topological polar surface area (TPSA) is 77.3 Å². The number of amidine groups is 1. The van der Waals surface area contributed by atoms with Crippen LogP contribution in [0.2, 0.25) is 0 Å². The largest absolute Gasteiger partial charge is 0.416 e. The molecule has 0 saturated carbocycles. The molecule has 0 spiro atoms. The average molecular weight is 392 g/mol. The van der Waals surface area contributed by atoms with E-state index >= 15 is 0 Å². The van der Waals surface area contributed by atoms with Gasteiger partial charge in [-0.05, 0) is 55.1 Å². The summed E-state index contributed by atoms with van der Waals surface area (Å²) in [5, 5.41) is 14.3. The zero-order valence-corrected chi connectivity index (χ0v) is 15.2. The van der Waals surface area contributed by atoms with E-state index in [0.29, 0.717) is 11.3 Å². The van der Waals surface area contributed by atoms with Crippen molar-refractivity contribution in [3.8, 4) is 6.07 Å². The summed E-state index contributed by atoms with van der Waals surface area (Å²) in [6.07, 6.45) is -2.75. The number of halogens is 3. The number of hydrogen-bond acceptors (Lipinski definition) is 4. The molecular weight excluding hydrogens is 377 g/mol. The summed E-state index contributed by atoms with van der Waals surface area (Å²) in [6, 6.07) is 10.6. The molecule has 140 valence electrons. The van der Waals surface area contributed by atoms with E-state index in [1.807, 2.05) is 6.07 Å². The number of rotatable bonds is 2. The number of carbonyl (C=O) groups is 1. The van der Waals surface area contributed by atoms with Gasteiger partial charge in [0.1, 0.15) is 0 Å². The van der Waals surface area contributed by atoms with Gasteiger partial charge in [-0.25, -0.2) is 9.79 Å². The van der Waals surface area contributed by atoms with Gasteiger partial charge in [-0.15, -0.1) is 0 Å². The van der Waals surface area contributed by atoms with Gasteiger partial charge in [-0.1, -0.05) is 17.8 Å². The number of thioether (sulfide) groups is 1. The Morgan fingerprint density at radius 1 is 1.19 bits per heavy atom. The number of anilines is 1. The first-order valence-corrected chi connectivity index (χ1v) is 8.84. The number of hydrogen-bond donors (Lipinski definition) is 2. The van der Waals surface area contributed by atoms with Crippen LogP contribution in [0.15, 0.2) is 47.5 Å². The van der Waals surface area contributed by atoms with E-state index in [9.17, 15) is 18.0 Å². The second-order valence-electron chi connectivity index (χ2n) is 5.39. The standard InChI is InChI=1S/C18H15F3N4OS/c1-11-3-4-12(10-22)9-15(11)24-16(26)25-17(27-2)23-14-7-5-13(6-8-14)18(19,20)21/h3-9H,1-2H3,(H2,23,24,25,26). The number of alkyl halides is 3. The molecule has 5 nitrogen and oxygen atoms in total. The molecule has 2 N–H and O–H groups in total. The van der Waals surface area contributed by atoms with Crippen LogP contribution >= 0.6 is 11.8 Å². The van der Waals surface area contributed by atoms with E-state index in [1.165, 1.54) is 12.1 Å². The Morgan fingerprint density at radius 3 is 2.41 bits per heavy atom. The minimum atomic E-state index is -4.42. The van der Waals surface area contributed by atoms with Gasteiger partial charge in [-0.3, -0.25) is 5.32 Å². The predicted molar refractivity (Wildman–Crippen MR) is 100 cm³/mol. The van der Waals surface area contributed by atoms with Gasteiger partial charge in [0.05, 0.1) is 22.9 Å². The van der Waals surface area contributed by atoms with Crippen LogP contribution in [0.1, 0.15) is 16.7 Å². The summed E-state index contributed by atoms with van der Waals surface area (Å²) in [6.45, 7) is 1.78. The maximum absolute atomic E-state index is 12.6. The van der Waals surface area contributed by atoms with Crippen LogP contribution in [-0.4, -0.2) is 17.5 Å². The van der Waals surface area contributed by atoms with E-state index < -0.39 is 17.8 Å². The Labute approximate surface area is 158 Å². The highest BCUT2D eigenvalue weighted by Crippen LogP contribution is 2.30. The maximum Gasteiger partial charge on any atom is 0.416 e. The van der Waals surface area contributed by atoms with E-state index in [2.05, 4.69) is 15.6 Å². The van der Waals surface area contributed by atoms with Crippen LogP contribution in [0, 0.1) is 18.3 Å². The van der Waals surface area contributed by atoms with Crippen LogP contribution in [0.25, 0.3) is 0 Å². The third-order valence-corrected chi connectivity index (χ3v) is 4.03. The minimum absolute atomic E-state index is 0.210. The number of nitrogens with one attached hydrogen (secondary N) is 2. The molecule has 0 unspecified atom stereocenters. The third-order valence-electron chi connectivity index (χ3n) is 3.45. The zero-order valence-electron chi connectivity index (χ0n) is 14.4. The van der Waals surface area contributed by atoms with Gasteiger partial charge in [0.2, 0.25) is 0 Å². The lowest BCUT2D eigenvalue weighted by Gasteiger charge is -2.11. The van der Waals surface area contributed by atoms with Crippen molar-refractivity contribution in [1.29, 1.82) is 5.26 Å². The van der Waals surface area contributed by atoms with Crippen molar-refractivity contribution in [1.82, 2.24) is 5.32 Å². The van der Waals surface area contributed by atoms with Crippen LogP contribution < -0.4 is 10.6 Å². The Bertz CT molecular complexity index is 902. The van der Waals surface area contributed by atoms with Crippen molar-refractivity contribution in [2.45, 2.75) is 13.1 Å². The van der Waals surface area contributed by atoms with E-state index in [4.69, 9.17) is 5.26 Å². The highest BCUT2D eigenvalue weighted by molar-refractivity contribution is 8.13. The van der Waals surface area contributed by atoms with Gasteiger partial charge in [0, 0.05) is 5.69 Å². The molecule has 9 heteroatoms. The first kappa shape index (κ1) is 20.3. The summed E-state index contributed by atoms with van der Waals surface area (Å²) in [5.74, 6) is 0. The normalized spacial score (nSPS) is 11.6. The lowest BCUT2D eigenvalue weighted by atomic mass is 10.1. The number of aliphatic imine (C=N–C) groups is 1. The number of aryl methyl sites for hydroxylation is 1. The molecule has 0 aromatic heterocycles. The van der Waals surface area contributed by atoms with Gasteiger partial charge < -0.3 is 5.32 Å². The van der Waals surface area contributed by atoms with Gasteiger partial charge >= 0.3 is 12.2 Å². The molecule has 2 aromatic carbocycles. The molecule has 2 rings (SSSR count). The van der Waals surface area contributed by atoms with E-state index in [-0.39, 0.29) is 10.9 Å². The number of urea groups is 1. The van der Waals surface area contributed by atoms with Gasteiger partial charge in [0.25, 0.3) is 0 Å². The molecule has 0 saturated heterocycles. The quantitative estimate of drug-likeness (QED) is 0.554. The SMILES string of the molecule is CSC(=Nc1ccc(C(F)(F)F)cc1)NC(=O)Nc1cc(C#N)ccc1C. The molecule has 2 aromatic rings. The van der Waals surface area contributed by atoms with Crippen LogP contribution in [0.4, 0.5) is 29.3 Å². The molecule has 0 bridgehead atoms. The number of benzene rings is 2. The number of nitrogens with zero attached hydrogens (tertiary/aromatic N) is 2. The molecule has 0 heterocycles. The molecule has 0 aliphatic rings. The summed E-state index contributed by atoms with van der Waals surface area (Å²) >= 11 is 1.13. The van der Waals surface area contributed by atoms with Crippen molar-refractivity contribution >= 4 is 34.3 Å². The molecular formula is C18H15F3N4OS. The Kier molecular flexibility index (Phi) is 6.47. The monoisotopic (exact) mass is 392 g/mol. The van der Waals surface area contributed by atoms with Gasteiger partial charge in [-0.2, -0.15) is 18.4 Å². The molecule has 0 aliphatic carbocycles. The van der Waals surface area contributed by atoms with Crippen molar-refractivity contribution in [3.05, 3.63) is 59.2 Å². The van der Waals surface area contributed by atoms with E-state index in [1.54, 1.807) is 31.4 Å².